The highest BCUT2D eigenvalue weighted by atomic mass is 35.5. The van der Waals surface area contributed by atoms with Crippen LogP contribution in [0, 0.1) is 6.92 Å². The summed E-state index contributed by atoms with van der Waals surface area (Å²) in [6, 6.07) is 18.7. The van der Waals surface area contributed by atoms with E-state index in [2.05, 4.69) is 20.6 Å². The first-order valence-corrected chi connectivity index (χ1v) is 8.68. The third kappa shape index (κ3) is 5.04. The Kier molecular flexibility index (Phi) is 5.81. The van der Waals surface area contributed by atoms with E-state index in [1.807, 2.05) is 54.6 Å². The summed E-state index contributed by atoms with van der Waals surface area (Å²) >= 11 is 5.89. The lowest BCUT2D eigenvalue weighted by atomic mass is 10.1. The molecule has 132 valence electrons. The van der Waals surface area contributed by atoms with Crippen LogP contribution in [0.25, 0.3) is 0 Å². The van der Waals surface area contributed by atoms with Crippen LogP contribution in [0.5, 0.6) is 0 Å². The quantitative estimate of drug-likeness (QED) is 0.680. The van der Waals surface area contributed by atoms with Crippen molar-refractivity contribution in [3.05, 3.63) is 82.8 Å². The Morgan fingerprint density at radius 3 is 2.50 bits per heavy atom. The molecule has 3 aromatic rings. The Morgan fingerprint density at radius 2 is 1.77 bits per heavy atom. The van der Waals surface area contributed by atoms with Gasteiger partial charge in [-0.25, -0.2) is 9.97 Å². The Morgan fingerprint density at radius 1 is 1.04 bits per heavy atom. The molecule has 0 aliphatic carbocycles. The van der Waals surface area contributed by atoms with Gasteiger partial charge in [-0.1, -0.05) is 41.9 Å². The molecule has 0 unspecified atom stereocenters. The van der Waals surface area contributed by atoms with Gasteiger partial charge in [-0.15, -0.1) is 0 Å². The van der Waals surface area contributed by atoms with Gasteiger partial charge in [0.2, 0.25) is 0 Å². The molecule has 0 aliphatic rings. The second kappa shape index (κ2) is 8.45. The van der Waals surface area contributed by atoms with Crippen molar-refractivity contribution >= 4 is 29.0 Å². The number of aryl methyl sites for hydroxylation is 1. The van der Waals surface area contributed by atoms with Crippen molar-refractivity contribution in [3.63, 3.8) is 0 Å². The van der Waals surface area contributed by atoms with Crippen molar-refractivity contribution in [1.82, 2.24) is 9.97 Å². The topological polar surface area (TPSA) is 66.9 Å². The second-order valence-corrected chi connectivity index (χ2v) is 6.25. The van der Waals surface area contributed by atoms with Crippen molar-refractivity contribution in [3.8, 4) is 0 Å². The maximum atomic E-state index is 12.4. The van der Waals surface area contributed by atoms with Gasteiger partial charge in [0.05, 0.1) is 0 Å². The number of aromatic nitrogens is 2. The maximum Gasteiger partial charge on any atom is 0.274 e. The van der Waals surface area contributed by atoms with Gasteiger partial charge in [0.15, 0.2) is 0 Å². The molecule has 0 fully saturated rings. The van der Waals surface area contributed by atoms with Gasteiger partial charge in [0.25, 0.3) is 5.91 Å². The SMILES string of the molecule is Cc1nc(NCCc2ccc(Cl)cc2)cc(C(=O)Nc2ccccc2)n1. The van der Waals surface area contributed by atoms with Crippen LogP contribution in [0.2, 0.25) is 5.02 Å². The van der Waals surface area contributed by atoms with Crippen LogP contribution in [0.3, 0.4) is 0 Å². The number of carbonyl (C=O) groups is 1. The summed E-state index contributed by atoms with van der Waals surface area (Å²) in [5, 5.41) is 6.80. The molecule has 2 aromatic carbocycles. The molecule has 0 bridgehead atoms. The van der Waals surface area contributed by atoms with Crippen molar-refractivity contribution in [2.24, 2.45) is 0 Å². The van der Waals surface area contributed by atoms with Crippen LogP contribution in [0.15, 0.2) is 60.7 Å². The van der Waals surface area contributed by atoms with Gasteiger partial charge >= 0.3 is 0 Å². The third-order valence-corrected chi connectivity index (χ3v) is 3.99. The highest BCUT2D eigenvalue weighted by Gasteiger charge is 2.10. The van der Waals surface area contributed by atoms with E-state index < -0.39 is 0 Å². The van der Waals surface area contributed by atoms with Crippen LogP contribution >= 0.6 is 11.6 Å². The second-order valence-electron chi connectivity index (χ2n) is 5.81. The molecule has 0 saturated carbocycles. The first-order valence-electron chi connectivity index (χ1n) is 8.30. The zero-order valence-electron chi connectivity index (χ0n) is 14.4. The van der Waals surface area contributed by atoms with E-state index in [1.54, 1.807) is 13.0 Å². The first kappa shape index (κ1) is 17.9. The number of rotatable bonds is 6. The fourth-order valence-corrected chi connectivity index (χ4v) is 2.60. The molecule has 0 aliphatic heterocycles. The molecular weight excluding hydrogens is 348 g/mol. The smallest absolute Gasteiger partial charge is 0.274 e. The number of benzene rings is 2. The van der Waals surface area contributed by atoms with Crippen molar-refractivity contribution < 1.29 is 4.79 Å². The molecule has 26 heavy (non-hydrogen) atoms. The summed E-state index contributed by atoms with van der Waals surface area (Å²) in [7, 11) is 0. The summed E-state index contributed by atoms with van der Waals surface area (Å²) < 4.78 is 0. The van der Waals surface area contributed by atoms with E-state index in [0.29, 0.717) is 23.9 Å². The summed E-state index contributed by atoms with van der Waals surface area (Å²) in [4.78, 5) is 21.0. The molecule has 3 rings (SSSR count). The fraction of sp³-hybridized carbons (Fsp3) is 0.150. The molecule has 5 nitrogen and oxygen atoms in total. The zero-order valence-corrected chi connectivity index (χ0v) is 15.1. The van der Waals surface area contributed by atoms with Crippen LogP contribution in [0.4, 0.5) is 11.5 Å². The van der Waals surface area contributed by atoms with E-state index in [9.17, 15) is 4.79 Å². The number of nitrogens with one attached hydrogen (secondary N) is 2. The molecule has 1 aromatic heterocycles. The zero-order chi connectivity index (χ0) is 18.4. The highest BCUT2D eigenvalue weighted by Crippen LogP contribution is 2.12. The van der Waals surface area contributed by atoms with Crippen LogP contribution in [-0.2, 0) is 6.42 Å². The van der Waals surface area contributed by atoms with Gasteiger partial charge in [0.1, 0.15) is 17.3 Å². The number of nitrogens with zero attached hydrogens (tertiary/aromatic N) is 2. The predicted octanol–water partition coefficient (Wildman–Crippen LogP) is 4.35. The molecule has 0 atom stereocenters. The van der Waals surface area contributed by atoms with Crippen molar-refractivity contribution in [1.29, 1.82) is 0 Å². The number of halogens is 1. The monoisotopic (exact) mass is 366 g/mol. The number of para-hydroxylation sites is 1. The fourth-order valence-electron chi connectivity index (χ4n) is 2.48. The Balaban J connectivity index is 1.63. The molecule has 0 saturated heterocycles. The molecule has 0 radical (unpaired) electrons. The summed E-state index contributed by atoms with van der Waals surface area (Å²) in [5.74, 6) is 0.909. The average molecular weight is 367 g/mol. The molecule has 0 spiro atoms. The number of carbonyl (C=O) groups excluding carboxylic acids is 1. The number of hydrogen-bond donors (Lipinski definition) is 2. The summed E-state index contributed by atoms with van der Waals surface area (Å²) in [6.45, 7) is 2.46. The Labute approximate surface area is 157 Å². The van der Waals surface area contributed by atoms with Crippen molar-refractivity contribution in [2.75, 3.05) is 17.2 Å². The summed E-state index contributed by atoms with van der Waals surface area (Å²) in [6.07, 6.45) is 0.825. The normalized spacial score (nSPS) is 10.4. The minimum atomic E-state index is -0.262. The molecule has 2 N–H and O–H groups in total. The predicted molar refractivity (Wildman–Crippen MR) is 105 cm³/mol. The average Bonchev–Trinajstić information content (AvgIpc) is 2.64. The van der Waals surface area contributed by atoms with E-state index >= 15 is 0 Å². The third-order valence-electron chi connectivity index (χ3n) is 3.74. The van der Waals surface area contributed by atoms with Crippen molar-refractivity contribution in [2.45, 2.75) is 13.3 Å². The Bertz CT molecular complexity index is 882. The van der Waals surface area contributed by atoms with E-state index in [4.69, 9.17) is 11.6 Å². The number of hydrogen-bond acceptors (Lipinski definition) is 4. The molecule has 1 amide bonds. The van der Waals surface area contributed by atoms with Gasteiger partial charge in [-0.2, -0.15) is 0 Å². The van der Waals surface area contributed by atoms with E-state index in [-0.39, 0.29) is 5.91 Å². The van der Waals surface area contributed by atoms with Gasteiger partial charge in [-0.3, -0.25) is 4.79 Å². The summed E-state index contributed by atoms with van der Waals surface area (Å²) in [5.41, 5.74) is 2.23. The van der Waals surface area contributed by atoms with Gasteiger partial charge in [-0.05, 0) is 43.2 Å². The highest BCUT2D eigenvalue weighted by molar-refractivity contribution is 6.30. The lowest BCUT2D eigenvalue weighted by molar-refractivity contribution is 0.102. The maximum absolute atomic E-state index is 12.4. The first-order chi connectivity index (χ1) is 12.6. The standard InChI is InChI=1S/C20H19ClN4O/c1-14-23-18(20(26)25-17-5-3-2-4-6-17)13-19(24-14)22-12-11-15-7-9-16(21)10-8-15/h2-10,13H,11-12H2,1H3,(H,25,26)(H,22,23,24). The molecular formula is C20H19ClN4O. The minimum Gasteiger partial charge on any atom is -0.370 e. The van der Waals surface area contributed by atoms with Crippen LogP contribution < -0.4 is 10.6 Å². The number of amides is 1. The van der Waals surface area contributed by atoms with Gasteiger partial charge < -0.3 is 10.6 Å². The van der Waals surface area contributed by atoms with E-state index in [0.717, 1.165) is 17.1 Å². The lowest BCUT2D eigenvalue weighted by Gasteiger charge is -2.09. The minimum absolute atomic E-state index is 0.262. The van der Waals surface area contributed by atoms with Crippen LogP contribution in [-0.4, -0.2) is 22.4 Å². The molecule has 1 heterocycles. The van der Waals surface area contributed by atoms with Gasteiger partial charge in [0, 0.05) is 23.3 Å². The lowest BCUT2D eigenvalue weighted by Crippen LogP contribution is -2.16. The Hall–Kier alpha value is -2.92. The van der Waals surface area contributed by atoms with E-state index in [1.165, 1.54) is 5.56 Å². The number of anilines is 2. The molecule has 6 heteroatoms. The van der Waals surface area contributed by atoms with Crippen LogP contribution in [0.1, 0.15) is 21.9 Å². The largest absolute Gasteiger partial charge is 0.370 e.